The molecule has 0 aromatic rings. The molecule has 3 heteroatoms. The van der Waals surface area contributed by atoms with E-state index in [2.05, 4.69) is 6.92 Å². The second kappa shape index (κ2) is 9.54. The second-order valence-corrected chi connectivity index (χ2v) is 13.1. The van der Waals surface area contributed by atoms with E-state index < -0.39 is 7.26 Å². The molecule has 0 bridgehead atoms. The minimum absolute atomic E-state index is 0. The molecule has 3 aliphatic carbocycles. The van der Waals surface area contributed by atoms with Crippen molar-refractivity contribution in [1.82, 2.24) is 0 Å². The van der Waals surface area contributed by atoms with Crippen LogP contribution in [0.15, 0.2) is 0 Å². The van der Waals surface area contributed by atoms with E-state index in [9.17, 15) is 5.11 Å². The third-order valence-corrected chi connectivity index (χ3v) is 13.9. The van der Waals surface area contributed by atoms with Gasteiger partial charge in [0.15, 0.2) is 5.85 Å². The Morgan fingerprint density at radius 1 is 0.609 bits per heavy atom. The molecule has 3 aliphatic rings. The highest BCUT2D eigenvalue weighted by molar-refractivity contribution is 7.78. The normalized spacial score (nSPS) is 27.4. The zero-order valence-corrected chi connectivity index (χ0v) is 17.7. The van der Waals surface area contributed by atoms with Crippen LogP contribution in [0.5, 0.6) is 0 Å². The Kier molecular flexibility index (Phi) is 8.37. The van der Waals surface area contributed by atoms with Crippen molar-refractivity contribution in [3.8, 4) is 0 Å². The first-order chi connectivity index (χ1) is 10.8. The van der Waals surface area contributed by atoms with Gasteiger partial charge < -0.3 is 22.1 Å². The molecule has 0 aromatic carbocycles. The smallest absolute Gasteiger partial charge is 0.162 e. The maximum Gasteiger partial charge on any atom is 0.162 e. The molecule has 0 spiro atoms. The summed E-state index contributed by atoms with van der Waals surface area (Å²) in [6.45, 7) is 2.21. The molecular formula is C20H38BrOP. The summed E-state index contributed by atoms with van der Waals surface area (Å²) in [4.78, 5) is 0. The molecule has 3 saturated carbocycles. The molecule has 0 amide bonds. The highest BCUT2D eigenvalue weighted by Crippen LogP contribution is 2.79. The van der Waals surface area contributed by atoms with Gasteiger partial charge in [0, 0.05) is 0 Å². The van der Waals surface area contributed by atoms with Crippen LogP contribution in [-0.4, -0.2) is 27.9 Å². The van der Waals surface area contributed by atoms with Gasteiger partial charge in [0.05, 0.1) is 24.2 Å². The third kappa shape index (κ3) is 4.17. The molecule has 0 saturated heterocycles. The SMILES string of the molecule is CC(O)[P+](C1CCCCC1)(C1CCCCC1)C1CCCCC1.[Br-]. The van der Waals surface area contributed by atoms with Crippen LogP contribution < -0.4 is 17.0 Å². The van der Waals surface area contributed by atoms with E-state index >= 15 is 0 Å². The van der Waals surface area contributed by atoms with Crippen molar-refractivity contribution >= 4 is 7.26 Å². The van der Waals surface area contributed by atoms with Crippen molar-refractivity contribution in [1.29, 1.82) is 0 Å². The van der Waals surface area contributed by atoms with Crippen molar-refractivity contribution in [2.24, 2.45) is 0 Å². The molecule has 0 aliphatic heterocycles. The molecule has 3 fully saturated rings. The zero-order valence-electron chi connectivity index (χ0n) is 15.2. The van der Waals surface area contributed by atoms with Crippen LogP contribution >= 0.6 is 7.26 Å². The van der Waals surface area contributed by atoms with E-state index in [1.807, 2.05) is 0 Å². The summed E-state index contributed by atoms with van der Waals surface area (Å²) in [5, 5.41) is 11.2. The Morgan fingerprint density at radius 2 is 0.870 bits per heavy atom. The lowest BCUT2D eigenvalue weighted by molar-refractivity contribution is -0.00000611. The predicted molar refractivity (Wildman–Crippen MR) is 99.2 cm³/mol. The summed E-state index contributed by atoms with van der Waals surface area (Å²) >= 11 is 0. The first kappa shape index (κ1) is 20.2. The second-order valence-electron chi connectivity index (χ2n) is 8.40. The highest BCUT2D eigenvalue weighted by Gasteiger charge is 2.60. The number of rotatable bonds is 4. The van der Waals surface area contributed by atoms with Crippen molar-refractivity contribution in [2.75, 3.05) is 0 Å². The van der Waals surface area contributed by atoms with Crippen LogP contribution in [0.2, 0.25) is 0 Å². The van der Waals surface area contributed by atoms with Gasteiger partial charge in [-0.2, -0.15) is 0 Å². The van der Waals surface area contributed by atoms with E-state index in [0.717, 1.165) is 17.0 Å². The van der Waals surface area contributed by atoms with Gasteiger partial charge in [-0.25, -0.2) is 0 Å². The summed E-state index contributed by atoms with van der Waals surface area (Å²) in [5.74, 6) is 0.0156. The average Bonchev–Trinajstić information content (AvgIpc) is 2.58. The number of aliphatic hydroxyl groups excluding tert-OH is 1. The minimum Gasteiger partial charge on any atom is -1.00 e. The number of halogens is 1. The Hall–Kier alpha value is 0.870. The Labute approximate surface area is 155 Å². The van der Waals surface area contributed by atoms with Crippen LogP contribution in [0.3, 0.4) is 0 Å². The minimum atomic E-state index is -1.24. The fourth-order valence-corrected chi connectivity index (χ4v) is 13.8. The fourth-order valence-electron chi connectivity index (χ4n) is 6.39. The molecule has 1 N–H and O–H groups in total. The molecule has 0 heterocycles. The van der Waals surface area contributed by atoms with Gasteiger partial charge in [0.2, 0.25) is 0 Å². The van der Waals surface area contributed by atoms with Gasteiger partial charge >= 0.3 is 0 Å². The molecule has 3 rings (SSSR count). The van der Waals surface area contributed by atoms with E-state index in [4.69, 9.17) is 0 Å². The highest BCUT2D eigenvalue weighted by atomic mass is 79.9. The van der Waals surface area contributed by atoms with Crippen molar-refractivity contribution in [2.45, 2.75) is 126 Å². The number of aliphatic hydroxyl groups is 1. The molecule has 1 unspecified atom stereocenters. The van der Waals surface area contributed by atoms with Gasteiger partial charge in [-0.15, -0.1) is 0 Å². The van der Waals surface area contributed by atoms with Crippen LogP contribution in [0.1, 0.15) is 103 Å². The maximum absolute atomic E-state index is 11.2. The largest absolute Gasteiger partial charge is 1.00 e. The first-order valence-electron chi connectivity index (χ1n) is 10.3. The summed E-state index contributed by atoms with van der Waals surface area (Å²) in [6, 6.07) is 0. The van der Waals surface area contributed by atoms with Crippen LogP contribution in [0.25, 0.3) is 0 Å². The van der Waals surface area contributed by atoms with Crippen molar-refractivity contribution in [3.05, 3.63) is 0 Å². The van der Waals surface area contributed by atoms with Crippen molar-refractivity contribution < 1.29 is 22.1 Å². The summed E-state index contributed by atoms with van der Waals surface area (Å²) in [7, 11) is -1.24. The standard InChI is InChI=1S/C20H38OP.BrH/c1-17(21)22(18-11-5-2-6-12-18,19-13-7-3-8-14-19)20-15-9-4-10-16-20;/h17-21H,2-16H2,1H3;1H/q+1;/p-1. The van der Waals surface area contributed by atoms with Crippen LogP contribution in [-0.2, 0) is 0 Å². The van der Waals surface area contributed by atoms with Crippen molar-refractivity contribution in [3.63, 3.8) is 0 Å². The summed E-state index contributed by atoms with van der Waals surface area (Å²) < 4.78 is 0. The summed E-state index contributed by atoms with van der Waals surface area (Å²) in [5.41, 5.74) is 2.77. The summed E-state index contributed by atoms with van der Waals surface area (Å²) in [6.07, 6.45) is 21.7. The average molecular weight is 405 g/mol. The van der Waals surface area contributed by atoms with Gasteiger partial charge in [-0.05, 0) is 84.0 Å². The zero-order chi connectivity index (χ0) is 15.4. The molecule has 1 nitrogen and oxygen atoms in total. The predicted octanol–water partition coefficient (Wildman–Crippen LogP) is 3.34. The lowest BCUT2D eigenvalue weighted by Gasteiger charge is -2.50. The Balaban J connectivity index is 0.00000192. The van der Waals surface area contributed by atoms with Crippen LogP contribution in [0, 0.1) is 0 Å². The number of hydrogen-bond acceptors (Lipinski definition) is 1. The van der Waals surface area contributed by atoms with Gasteiger partial charge in [0.25, 0.3) is 0 Å². The van der Waals surface area contributed by atoms with Gasteiger partial charge in [0.1, 0.15) is 0 Å². The van der Waals surface area contributed by atoms with E-state index in [0.29, 0.717) is 0 Å². The molecule has 23 heavy (non-hydrogen) atoms. The third-order valence-electron chi connectivity index (χ3n) is 7.27. The lowest BCUT2D eigenvalue weighted by atomic mass is 9.99. The maximum atomic E-state index is 11.2. The fraction of sp³-hybridized carbons (Fsp3) is 1.00. The Bertz CT molecular complexity index is 283. The lowest BCUT2D eigenvalue weighted by Crippen LogP contribution is -3.00. The molecular weight excluding hydrogens is 367 g/mol. The molecule has 0 radical (unpaired) electrons. The first-order valence-corrected chi connectivity index (χ1v) is 12.4. The van der Waals surface area contributed by atoms with Gasteiger partial charge in [-0.1, -0.05) is 19.3 Å². The topological polar surface area (TPSA) is 20.2 Å². The van der Waals surface area contributed by atoms with E-state index in [-0.39, 0.29) is 22.8 Å². The molecule has 0 aromatic heterocycles. The number of hydrogen-bond donors (Lipinski definition) is 1. The van der Waals surface area contributed by atoms with Gasteiger partial charge in [-0.3, -0.25) is 0 Å². The monoisotopic (exact) mass is 404 g/mol. The quantitative estimate of drug-likeness (QED) is 0.712. The van der Waals surface area contributed by atoms with E-state index in [1.54, 1.807) is 0 Å². The molecule has 136 valence electrons. The Morgan fingerprint density at radius 3 is 1.09 bits per heavy atom. The van der Waals surface area contributed by atoms with Crippen LogP contribution in [0.4, 0.5) is 0 Å². The van der Waals surface area contributed by atoms with E-state index in [1.165, 1.54) is 96.3 Å². The molecule has 1 atom stereocenters.